The number of benzene rings is 1. The van der Waals surface area contributed by atoms with Crippen LogP contribution in [0.2, 0.25) is 0 Å². The molecule has 0 bridgehead atoms. The summed E-state index contributed by atoms with van der Waals surface area (Å²) in [6.07, 6.45) is 0. The van der Waals surface area contributed by atoms with Crippen molar-refractivity contribution in [1.29, 1.82) is 0 Å². The fraction of sp³-hybridized carbons (Fsp3) is 0.389. The second kappa shape index (κ2) is 7.82. The molecule has 2 heterocycles. The lowest BCUT2D eigenvalue weighted by Gasteiger charge is -2.26. The highest BCUT2D eigenvalue weighted by molar-refractivity contribution is 7.89. The van der Waals surface area contributed by atoms with Crippen molar-refractivity contribution >= 4 is 21.6 Å². The summed E-state index contributed by atoms with van der Waals surface area (Å²) in [7, 11) is -3.71. The van der Waals surface area contributed by atoms with E-state index in [0.29, 0.717) is 30.0 Å². The van der Waals surface area contributed by atoms with Crippen LogP contribution in [0.4, 0.5) is 5.69 Å². The molecule has 0 aliphatic carbocycles. The third-order valence-corrected chi connectivity index (χ3v) is 6.77. The van der Waals surface area contributed by atoms with Gasteiger partial charge in [-0.1, -0.05) is 6.07 Å². The van der Waals surface area contributed by atoms with Crippen LogP contribution in [0.3, 0.4) is 0 Å². The second-order valence-electron chi connectivity index (χ2n) is 6.59. The molecular formula is C18H22N4O5S. The summed E-state index contributed by atoms with van der Waals surface area (Å²) < 4.78 is 32.5. The molecule has 2 N–H and O–H groups in total. The predicted molar refractivity (Wildman–Crippen MR) is 103 cm³/mol. The number of H-pyrrole nitrogens is 1. The monoisotopic (exact) mass is 406 g/mol. The number of aromatic amines is 1. The van der Waals surface area contributed by atoms with Gasteiger partial charge >= 0.3 is 0 Å². The van der Waals surface area contributed by atoms with Crippen molar-refractivity contribution in [3.63, 3.8) is 0 Å². The number of carbonyl (C=O) groups excluding carboxylic acids is 1. The summed E-state index contributed by atoms with van der Waals surface area (Å²) in [5.41, 5.74) is 1.20. The van der Waals surface area contributed by atoms with Gasteiger partial charge in [-0.25, -0.2) is 13.5 Å². The number of amides is 1. The number of hydrogen-bond acceptors (Lipinski definition) is 6. The standard InChI is InChI=1S/C18H22N4O5S/c1-11-4-5-14(10-15(11)28(25,26)22-6-8-27-9-7-22)19-17(23)16-12(2)13(3)20-21-18(16)24/h4-5,10H,6-9H2,1-3H3,(H,19,23)(H,21,24). The van der Waals surface area contributed by atoms with Gasteiger partial charge in [0, 0.05) is 18.8 Å². The Morgan fingerprint density at radius 1 is 1.21 bits per heavy atom. The zero-order valence-corrected chi connectivity index (χ0v) is 16.7. The number of rotatable bonds is 4. The number of ether oxygens (including phenoxy) is 1. The van der Waals surface area contributed by atoms with Gasteiger partial charge in [0.05, 0.1) is 23.8 Å². The van der Waals surface area contributed by atoms with Crippen LogP contribution in [0, 0.1) is 20.8 Å². The third-order valence-electron chi connectivity index (χ3n) is 4.73. The molecule has 150 valence electrons. The Bertz CT molecular complexity index is 1070. The Kier molecular flexibility index (Phi) is 5.64. The first kappa shape index (κ1) is 20.2. The van der Waals surface area contributed by atoms with Crippen molar-refractivity contribution < 1.29 is 17.9 Å². The van der Waals surface area contributed by atoms with Crippen LogP contribution >= 0.6 is 0 Å². The maximum atomic E-state index is 13.0. The maximum Gasteiger partial charge on any atom is 0.277 e. The van der Waals surface area contributed by atoms with E-state index < -0.39 is 21.5 Å². The van der Waals surface area contributed by atoms with Crippen molar-refractivity contribution in [3.05, 3.63) is 50.9 Å². The van der Waals surface area contributed by atoms with Crippen LogP contribution in [0.15, 0.2) is 27.9 Å². The minimum Gasteiger partial charge on any atom is -0.379 e. The highest BCUT2D eigenvalue weighted by Crippen LogP contribution is 2.24. The van der Waals surface area contributed by atoms with Crippen molar-refractivity contribution in [1.82, 2.24) is 14.5 Å². The molecule has 1 fully saturated rings. The first-order chi connectivity index (χ1) is 13.2. The number of hydrogen-bond donors (Lipinski definition) is 2. The van der Waals surface area contributed by atoms with E-state index in [1.807, 2.05) is 0 Å². The normalized spacial score (nSPS) is 15.4. The molecule has 28 heavy (non-hydrogen) atoms. The fourth-order valence-electron chi connectivity index (χ4n) is 2.97. The fourth-order valence-corrected chi connectivity index (χ4v) is 4.63. The van der Waals surface area contributed by atoms with E-state index in [1.54, 1.807) is 32.9 Å². The van der Waals surface area contributed by atoms with E-state index in [9.17, 15) is 18.0 Å². The molecule has 0 unspecified atom stereocenters. The molecule has 0 spiro atoms. The summed E-state index contributed by atoms with van der Waals surface area (Å²) in [4.78, 5) is 24.8. The SMILES string of the molecule is Cc1ccc(NC(=O)c2c(C)c(C)n[nH]c2=O)cc1S(=O)(=O)N1CCOCC1. The molecule has 0 radical (unpaired) electrons. The minimum atomic E-state index is -3.71. The van der Waals surface area contributed by atoms with Crippen molar-refractivity contribution in [2.45, 2.75) is 25.7 Å². The van der Waals surface area contributed by atoms with Gasteiger partial charge in [0.15, 0.2) is 0 Å². The molecule has 1 saturated heterocycles. The average Bonchev–Trinajstić information content (AvgIpc) is 2.67. The van der Waals surface area contributed by atoms with E-state index in [4.69, 9.17) is 4.74 Å². The molecule has 1 aliphatic heterocycles. The Morgan fingerprint density at radius 2 is 1.89 bits per heavy atom. The largest absolute Gasteiger partial charge is 0.379 e. The highest BCUT2D eigenvalue weighted by Gasteiger charge is 2.28. The van der Waals surface area contributed by atoms with E-state index in [1.165, 1.54) is 10.4 Å². The van der Waals surface area contributed by atoms with E-state index in [2.05, 4.69) is 15.5 Å². The summed E-state index contributed by atoms with van der Waals surface area (Å²) in [6.45, 7) is 6.26. The quantitative estimate of drug-likeness (QED) is 0.780. The molecule has 0 atom stereocenters. The van der Waals surface area contributed by atoms with Crippen LogP contribution in [0.25, 0.3) is 0 Å². The number of anilines is 1. The van der Waals surface area contributed by atoms with Crippen molar-refractivity contribution in [3.8, 4) is 0 Å². The summed E-state index contributed by atoms with van der Waals surface area (Å²) >= 11 is 0. The Hall–Kier alpha value is -2.56. The first-order valence-corrected chi connectivity index (χ1v) is 10.2. The van der Waals surface area contributed by atoms with Gasteiger partial charge in [0.1, 0.15) is 5.56 Å². The third kappa shape index (κ3) is 3.84. The Labute approximate surface area is 162 Å². The number of morpholine rings is 1. The van der Waals surface area contributed by atoms with E-state index in [-0.39, 0.29) is 29.2 Å². The maximum absolute atomic E-state index is 13.0. The van der Waals surface area contributed by atoms with Crippen molar-refractivity contribution in [2.24, 2.45) is 0 Å². The molecular weight excluding hydrogens is 384 g/mol. The lowest BCUT2D eigenvalue weighted by Crippen LogP contribution is -2.40. The first-order valence-electron chi connectivity index (χ1n) is 8.77. The van der Waals surface area contributed by atoms with Gasteiger partial charge in [0.2, 0.25) is 10.0 Å². The molecule has 0 saturated carbocycles. The van der Waals surface area contributed by atoms with Gasteiger partial charge in [-0.15, -0.1) is 0 Å². The molecule has 1 aliphatic rings. The van der Waals surface area contributed by atoms with Crippen LogP contribution in [-0.2, 0) is 14.8 Å². The number of nitrogens with one attached hydrogen (secondary N) is 2. The van der Waals surface area contributed by atoms with Gasteiger partial charge in [-0.05, 0) is 44.0 Å². The van der Waals surface area contributed by atoms with E-state index in [0.717, 1.165) is 0 Å². The summed E-state index contributed by atoms with van der Waals surface area (Å²) in [5, 5.41) is 8.72. The highest BCUT2D eigenvalue weighted by atomic mass is 32.2. The minimum absolute atomic E-state index is 0.0503. The zero-order valence-electron chi connectivity index (χ0n) is 15.9. The molecule has 2 aromatic rings. The van der Waals surface area contributed by atoms with Gasteiger partial charge < -0.3 is 10.1 Å². The lowest BCUT2D eigenvalue weighted by molar-refractivity contribution is 0.0730. The van der Waals surface area contributed by atoms with Crippen LogP contribution < -0.4 is 10.9 Å². The van der Waals surface area contributed by atoms with Gasteiger partial charge in [0.25, 0.3) is 11.5 Å². The number of aromatic nitrogens is 2. The lowest BCUT2D eigenvalue weighted by atomic mass is 10.1. The van der Waals surface area contributed by atoms with E-state index >= 15 is 0 Å². The van der Waals surface area contributed by atoms with Crippen molar-refractivity contribution in [2.75, 3.05) is 31.6 Å². The Morgan fingerprint density at radius 3 is 2.57 bits per heavy atom. The smallest absolute Gasteiger partial charge is 0.277 e. The molecule has 1 amide bonds. The molecule has 9 nitrogen and oxygen atoms in total. The molecule has 1 aromatic heterocycles. The Balaban J connectivity index is 1.93. The van der Waals surface area contributed by atoms with Gasteiger partial charge in [-0.3, -0.25) is 9.59 Å². The van der Waals surface area contributed by atoms with Crippen LogP contribution in [0.1, 0.15) is 27.2 Å². The predicted octanol–water partition coefficient (Wildman–Crippen LogP) is 0.968. The number of aryl methyl sites for hydroxylation is 2. The van der Waals surface area contributed by atoms with Crippen LogP contribution in [0.5, 0.6) is 0 Å². The number of carbonyl (C=O) groups is 1. The molecule has 10 heteroatoms. The number of sulfonamides is 1. The average molecular weight is 406 g/mol. The zero-order chi connectivity index (χ0) is 20.5. The second-order valence-corrected chi connectivity index (χ2v) is 8.50. The molecule has 3 rings (SSSR count). The van der Waals surface area contributed by atoms with Crippen LogP contribution in [-0.4, -0.2) is 55.1 Å². The van der Waals surface area contributed by atoms with Gasteiger partial charge in [-0.2, -0.15) is 9.40 Å². The molecule has 1 aromatic carbocycles. The number of nitrogens with zero attached hydrogens (tertiary/aromatic N) is 2. The summed E-state index contributed by atoms with van der Waals surface area (Å²) in [5.74, 6) is -0.622. The summed E-state index contributed by atoms with van der Waals surface area (Å²) in [6, 6.07) is 4.64. The topological polar surface area (TPSA) is 121 Å².